The summed E-state index contributed by atoms with van der Waals surface area (Å²) in [6, 6.07) is 25.6. The van der Waals surface area contributed by atoms with Crippen LogP contribution in [0.15, 0.2) is 85.1 Å². The van der Waals surface area contributed by atoms with E-state index in [4.69, 9.17) is 19.7 Å². The van der Waals surface area contributed by atoms with Gasteiger partial charge < -0.3 is 35.1 Å². The Kier molecular flexibility index (Phi) is 11.3. The minimum absolute atomic E-state index is 0.152. The lowest BCUT2D eigenvalue weighted by Gasteiger charge is -2.22. The molecule has 0 spiro atoms. The van der Waals surface area contributed by atoms with Gasteiger partial charge in [-0.15, -0.1) is 10.2 Å². The number of benzene rings is 3. The number of amides is 1. The number of carbonyl (C=O) groups excluding carboxylic acids is 1. The van der Waals surface area contributed by atoms with Crippen molar-refractivity contribution in [1.29, 1.82) is 0 Å². The smallest absolute Gasteiger partial charge is 0.490 e. The molecule has 0 radical (unpaired) electrons. The number of carboxylic acids is 1. The van der Waals surface area contributed by atoms with Crippen molar-refractivity contribution in [3.8, 4) is 5.75 Å². The Morgan fingerprint density at radius 2 is 1.69 bits per heavy atom. The number of carboxylic acid groups (broad SMARTS) is 1. The third kappa shape index (κ3) is 9.24. The van der Waals surface area contributed by atoms with E-state index in [0.29, 0.717) is 38.2 Å². The first-order chi connectivity index (χ1) is 23.5. The number of aromatic amines is 1. The minimum Gasteiger partial charge on any atom is -0.497 e. The van der Waals surface area contributed by atoms with Gasteiger partial charge in [0.15, 0.2) is 5.82 Å². The second-order valence-electron chi connectivity index (χ2n) is 11.7. The van der Waals surface area contributed by atoms with Gasteiger partial charge in [0.05, 0.1) is 31.8 Å². The summed E-state index contributed by atoms with van der Waals surface area (Å²) in [5.74, 6) is -0.556. The maximum Gasteiger partial charge on any atom is 0.490 e. The van der Waals surface area contributed by atoms with Crippen molar-refractivity contribution in [2.75, 3.05) is 13.7 Å². The van der Waals surface area contributed by atoms with Gasteiger partial charge in [-0.1, -0.05) is 60.7 Å². The molecule has 1 fully saturated rings. The van der Waals surface area contributed by atoms with Crippen molar-refractivity contribution >= 4 is 22.8 Å². The average molecular weight is 679 g/mol. The Bertz CT molecular complexity index is 1840. The summed E-state index contributed by atoms with van der Waals surface area (Å²) in [5, 5.41) is 34.0. The maximum absolute atomic E-state index is 13.5. The van der Waals surface area contributed by atoms with Crippen molar-refractivity contribution in [3.63, 3.8) is 0 Å². The number of aliphatic hydroxyl groups excluding tert-OH is 1. The number of para-hydroxylation sites is 1. The van der Waals surface area contributed by atoms with E-state index in [1.807, 2.05) is 66.9 Å². The number of hydrogen-bond acceptors (Lipinski definition) is 7. The van der Waals surface area contributed by atoms with E-state index in [2.05, 4.69) is 43.5 Å². The van der Waals surface area contributed by atoms with Crippen LogP contribution in [0.25, 0.3) is 10.9 Å². The summed E-state index contributed by atoms with van der Waals surface area (Å²) < 4.78 is 39.2. The summed E-state index contributed by atoms with van der Waals surface area (Å²) in [4.78, 5) is 25.7. The fourth-order valence-electron chi connectivity index (χ4n) is 5.69. The van der Waals surface area contributed by atoms with E-state index in [9.17, 15) is 23.1 Å². The highest BCUT2D eigenvalue weighted by Gasteiger charge is 2.38. The topological polar surface area (TPSA) is 154 Å². The van der Waals surface area contributed by atoms with Gasteiger partial charge in [-0.25, -0.2) is 4.79 Å². The van der Waals surface area contributed by atoms with E-state index >= 15 is 0 Å². The number of β-amino-alcohol motifs (C(OH)–C–C–N with tert-alkyl or cyclic N) is 1. The molecule has 5 aromatic rings. The number of rotatable bonds is 11. The third-order valence-corrected chi connectivity index (χ3v) is 8.23. The first kappa shape index (κ1) is 35.1. The van der Waals surface area contributed by atoms with Crippen molar-refractivity contribution in [1.82, 2.24) is 30.4 Å². The molecule has 1 aliphatic heterocycles. The second-order valence-corrected chi connectivity index (χ2v) is 11.7. The lowest BCUT2D eigenvalue weighted by Crippen LogP contribution is -2.43. The highest BCUT2D eigenvalue weighted by molar-refractivity contribution is 5.84. The number of aryl methyl sites for hydroxylation is 2. The largest absolute Gasteiger partial charge is 0.497 e. The van der Waals surface area contributed by atoms with E-state index in [1.54, 1.807) is 7.11 Å². The molecule has 3 heterocycles. The van der Waals surface area contributed by atoms with Crippen LogP contribution in [0.1, 0.15) is 40.8 Å². The summed E-state index contributed by atoms with van der Waals surface area (Å²) >= 11 is 0. The first-order valence-corrected chi connectivity index (χ1v) is 15.7. The molecule has 3 aromatic carbocycles. The molecular formula is C35H37F3N6O5. The molecule has 2 aromatic heterocycles. The molecule has 1 amide bonds. The summed E-state index contributed by atoms with van der Waals surface area (Å²) in [6.07, 6.45) is -1.17. The Balaban J connectivity index is 0.000000606. The molecule has 3 atom stereocenters. The number of aliphatic hydroxyl groups is 1. The highest BCUT2D eigenvalue weighted by Crippen LogP contribution is 2.26. The summed E-state index contributed by atoms with van der Waals surface area (Å²) in [6.45, 7) is 0.958. The number of methoxy groups -OCH3 is 1. The number of hydrogen-bond donors (Lipinski definition) is 5. The number of alkyl halides is 3. The molecule has 5 N–H and O–H groups in total. The first-order valence-electron chi connectivity index (χ1n) is 15.7. The van der Waals surface area contributed by atoms with Gasteiger partial charge >= 0.3 is 12.1 Å². The summed E-state index contributed by atoms with van der Waals surface area (Å²) in [7, 11) is 1.66. The van der Waals surface area contributed by atoms with Crippen LogP contribution in [0.5, 0.6) is 5.75 Å². The van der Waals surface area contributed by atoms with Crippen molar-refractivity contribution in [3.05, 3.63) is 113 Å². The number of ether oxygens (including phenoxy) is 1. The number of halogens is 3. The Morgan fingerprint density at radius 3 is 2.35 bits per heavy atom. The van der Waals surface area contributed by atoms with Crippen molar-refractivity contribution in [2.24, 2.45) is 0 Å². The quantitative estimate of drug-likeness (QED) is 0.138. The molecule has 0 bridgehead atoms. The molecular weight excluding hydrogens is 641 g/mol. The molecule has 0 saturated carbocycles. The van der Waals surface area contributed by atoms with Gasteiger partial charge in [0.1, 0.15) is 11.6 Å². The van der Waals surface area contributed by atoms with Gasteiger partial charge in [-0.3, -0.25) is 4.79 Å². The maximum atomic E-state index is 13.5. The van der Waals surface area contributed by atoms with Gasteiger partial charge in [0.2, 0.25) is 5.91 Å². The number of fused-ring (bicyclic) bond motifs is 1. The Hall–Kier alpha value is -5.21. The normalized spacial score (nSPS) is 16.5. The van der Waals surface area contributed by atoms with Gasteiger partial charge in [-0.2, -0.15) is 13.2 Å². The molecule has 49 heavy (non-hydrogen) atoms. The lowest BCUT2D eigenvalue weighted by atomic mass is 10.0. The van der Waals surface area contributed by atoms with Gasteiger partial charge in [0, 0.05) is 36.5 Å². The third-order valence-electron chi connectivity index (χ3n) is 8.23. The van der Waals surface area contributed by atoms with Crippen LogP contribution in [-0.2, 0) is 35.4 Å². The standard InChI is InChI=1S/C33H36N6O3.C2HF3O2/c1-42-26-14-11-23(12-15-26)21-39-31(16-13-22-7-3-2-4-8-22)37-38-32(39)29(36-33(41)30-18-25(40)20-35-30)17-24-19-34-28-10-6-5-9-27(24)28;3-2(4,5)1(6)7/h2-12,14-15,19,25,29-30,34-35,40H,13,16-18,20-21H2,1H3,(H,36,41);(H,6,7)/t25-,29-,30+;/m1./s1. The predicted octanol–water partition coefficient (Wildman–Crippen LogP) is 4.36. The Morgan fingerprint density at radius 1 is 1.00 bits per heavy atom. The Labute approximate surface area is 280 Å². The molecule has 258 valence electrons. The fourth-order valence-corrected chi connectivity index (χ4v) is 5.69. The molecule has 0 aliphatic carbocycles. The zero-order chi connectivity index (χ0) is 35.0. The van der Waals surface area contributed by atoms with Crippen LogP contribution in [0, 0.1) is 0 Å². The number of nitrogens with one attached hydrogen (secondary N) is 3. The molecule has 11 nitrogen and oxygen atoms in total. The van der Waals surface area contributed by atoms with E-state index in [1.165, 1.54) is 5.56 Å². The monoisotopic (exact) mass is 678 g/mol. The van der Waals surface area contributed by atoms with Crippen LogP contribution >= 0.6 is 0 Å². The summed E-state index contributed by atoms with van der Waals surface area (Å²) in [5.41, 5.74) is 4.43. The molecule has 1 saturated heterocycles. The van der Waals surface area contributed by atoms with E-state index in [-0.39, 0.29) is 5.91 Å². The zero-order valence-corrected chi connectivity index (χ0v) is 26.7. The predicted molar refractivity (Wildman–Crippen MR) is 175 cm³/mol. The number of aromatic nitrogens is 4. The second kappa shape index (κ2) is 15.8. The average Bonchev–Trinajstić information content (AvgIpc) is 3.83. The molecule has 1 aliphatic rings. The minimum atomic E-state index is -5.08. The van der Waals surface area contributed by atoms with Crippen LogP contribution < -0.4 is 15.4 Å². The molecule has 0 unspecified atom stereocenters. The van der Waals surface area contributed by atoms with Crippen LogP contribution in [0.4, 0.5) is 13.2 Å². The van der Waals surface area contributed by atoms with Crippen LogP contribution in [-0.4, -0.2) is 73.8 Å². The van der Waals surface area contributed by atoms with Crippen LogP contribution in [0.3, 0.4) is 0 Å². The molecule has 14 heteroatoms. The van der Waals surface area contributed by atoms with Crippen molar-refractivity contribution < 1.29 is 37.7 Å². The number of carbonyl (C=O) groups is 2. The van der Waals surface area contributed by atoms with E-state index < -0.39 is 30.3 Å². The lowest BCUT2D eigenvalue weighted by molar-refractivity contribution is -0.192. The number of nitrogens with zero attached hydrogens (tertiary/aromatic N) is 3. The highest BCUT2D eigenvalue weighted by atomic mass is 19.4. The van der Waals surface area contributed by atoms with Crippen molar-refractivity contribution in [2.45, 2.75) is 56.6 Å². The number of aliphatic carboxylic acids is 1. The van der Waals surface area contributed by atoms with Crippen LogP contribution in [0.2, 0.25) is 0 Å². The zero-order valence-electron chi connectivity index (χ0n) is 26.7. The number of H-pyrrole nitrogens is 1. The SMILES string of the molecule is COc1ccc(Cn2c(CCc3ccccc3)nnc2[C@@H](Cc2c[nH]c3ccccc23)NC(=O)[C@@H]2C[C@@H](O)CN2)cc1.O=C(O)C(F)(F)F. The van der Waals surface area contributed by atoms with E-state index in [0.717, 1.165) is 40.0 Å². The van der Waals surface area contributed by atoms with Gasteiger partial charge in [-0.05, 0) is 47.7 Å². The van der Waals surface area contributed by atoms with Gasteiger partial charge in [0.25, 0.3) is 0 Å². The molecule has 6 rings (SSSR count). The fraction of sp³-hybridized carbons (Fsp3) is 0.314.